The number of nitrogens with zero attached hydrogens (tertiary/aromatic N) is 2. The molecule has 0 aliphatic heterocycles. The molecule has 0 aromatic heterocycles. The number of anilines is 1. The first-order valence-corrected chi connectivity index (χ1v) is 6.26. The van der Waals surface area contributed by atoms with Gasteiger partial charge in [0.1, 0.15) is 6.54 Å². The largest absolute Gasteiger partial charge is 0.480 e. The van der Waals surface area contributed by atoms with Crippen molar-refractivity contribution in [3.63, 3.8) is 0 Å². The number of carbonyl (C=O) groups excluding carboxylic acids is 1. The van der Waals surface area contributed by atoms with E-state index >= 15 is 0 Å². The molecule has 0 saturated carbocycles. The standard InChI is InChI=1S/C13H14ClN3O3/c14-10-2-4-11(5-3-10)17(9-13(19)20)8-12(18)16-7-1-6-15/h2-5H,1,7-9H2,(H,16,18)(H,19,20). The number of carboxylic acid groups (broad SMARTS) is 1. The molecule has 0 unspecified atom stereocenters. The quantitative estimate of drug-likeness (QED) is 0.739. The van der Waals surface area contributed by atoms with Crippen molar-refractivity contribution < 1.29 is 14.7 Å². The topological polar surface area (TPSA) is 93.4 Å². The summed E-state index contributed by atoms with van der Waals surface area (Å²) in [4.78, 5) is 23.9. The number of rotatable bonds is 7. The molecule has 1 rings (SSSR count). The number of amides is 1. The lowest BCUT2D eigenvalue weighted by Crippen LogP contribution is -2.40. The molecule has 0 fully saturated rings. The summed E-state index contributed by atoms with van der Waals surface area (Å²) < 4.78 is 0. The van der Waals surface area contributed by atoms with Gasteiger partial charge in [-0.25, -0.2) is 0 Å². The first-order valence-electron chi connectivity index (χ1n) is 5.89. The average Bonchev–Trinajstić information content (AvgIpc) is 2.38. The van der Waals surface area contributed by atoms with Gasteiger partial charge in [0, 0.05) is 17.3 Å². The van der Waals surface area contributed by atoms with Gasteiger partial charge in [0.05, 0.1) is 19.0 Å². The Kier molecular flexibility index (Phi) is 6.33. The molecule has 0 bridgehead atoms. The number of nitriles is 1. The van der Waals surface area contributed by atoms with E-state index in [1.807, 2.05) is 6.07 Å². The molecule has 0 aliphatic rings. The Morgan fingerprint density at radius 1 is 1.30 bits per heavy atom. The molecule has 7 heteroatoms. The third kappa shape index (κ3) is 5.59. The molecule has 0 atom stereocenters. The number of hydrogen-bond acceptors (Lipinski definition) is 4. The van der Waals surface area contributed by atoms with Crippen molar-refractivity contribution in [2.45, 2.75) is 6.42 Å². The number of aliphatic carboxylic acids is 1. The van der Waals surface area contributed by atoms with Crippen molar-refractivity contribution >= 4 is 29.2 Å². The van der Waals surface area contributed by atoms with Crippen molar-refractivity contribution in [2.24, 2.45) is 0 Å². The summed E-state index contributed by atoms with van der Waals surface area (Å²) in [5.41, 5.74) is 0.590. The summed E-state index contributed by atoms with van der Waals surface area (Å²) in [6.45, 7) is -0.149. The molecule has 1 amide bonds. The van der Waals surface area contributed by atoms with Crippen LogP contribution in [-0.2, 0) is 9.59 Å². The maximum absolute atomic E-state index is 11.7. The Morgan fingerprint density at radius 3 is 2.50 bits per heavy atom. The van der Waals surface area contributed by atoms with Crippen molar-refractivity contribution in [1.29, 1.82) is 5.26 Å². The second-order valence-corrected chi connectivity index (χ2v) is 4.42. The van der Waals surface area contributed by atoms with Crippen LogP contribution in [0.25, 0.3) is 0 Å². The highest BCUT2D eigenvalue weighted by Gasteiger charge is 2.14. The zero-order chi connectivity index (χ0) is 15.0. The third-order valence-corrected chi connectivity index (χ3v) is 2.66. The molecule has 0 aliphatic carbocycles. The fourth-order valence-corrected chi connectivity index (χ4v) is 1.67. The monoisotopic (exact) mass is 295 g/mol. The average molecular weight is 296 g/mol. The van der Waals surface area contributed by atoms with E-state index in [9.17, 15) is 9.59 Å². The fourth-order valence-electron chi connectivity index (χ4n) is 1.54. The molecular formula is C13H14ClN3O3. The number of hydrogen-bond donors (Lipinski definition) is 2. The van der Waals surface area contributed by atoms with Crippen LogP contribution in [0.3, 0.4) is 0 Å². The van der Waals surface area contributed by atoms with Gasteiger partial charge in [-0.2, -0.15) is 5.26 Å². The van der Waals surface area contributed by atoms with Gasteiger partial charge in [-0.15, -0.1) is 0 Å². The van der Waals surface area contributed by atoms with Gasteiger partial charge in [-0.3, -0.25) is 9.59 Å². The van der Waals surface area contributed by atoms with E-state index in [4.69, 9.17) is 22.0 Å². The number of nitrogens with one attached hydrogen (secondary N) is 1. The second kappa shape index (κ2) is 8.02. The molecule has 0 spiro atoms. The lowest BCUT2D eigenvalue weighted by molar-refractivity contribution is -0.135. The van der Waals surface area contributed by atoms with Gasteiger partial charge in [-0.1, -0.05) is 11.6 Å². The number of halogens is 1. The summed E-state index contributed by atoms with van der Waals surface area (Å²) >= 11 is 5.77. The second-order valence-electron chi connectivity index (χ2n) is 3.98. The molecule has 1 aromatic carbocycles. The van der Waals surface area contributed by atoms with Crippen LogP contribution in [0.5, 0.6) is 0 Å². The van der Waals surface area contributed by atoms with Gasteiger partial charge in [-0.05, 0) is 24.3 Å². The first-order chi connectivity index (χ1) is 9.52. The highest BCUT2D eigenvalue weighted by Crippen LogP contribution is 2.17. The Bertz CT molecular complexity index is 511. The summed E-state index contributed by atoms with van der Waals surface area (Å²) in [5, 5.41) is 20.3. The molecule has 0 radical (unpaired) electrons. The first kappa shape index (κ1) is 15.8. The van der Waals surface area contributed by atoms with Gasteiger partial charge in [0.15, 0.2) is 0 Å². The molecule has 6 nitrogen and oxygen atoms in total. The number of benzene rings is 1. The smallest absolute Gasteiger partial charge is 0.323 e. The van der Waals surface area contributed by atoms with E-state index in [0.717, 1.165) is 0 Å². The highest BCUT2D eigenvalue weighted by atomic mass is 35.5. The predicted octanol–water partition coefficient (Wildman–Crippen LogP) is 1.26. The zero-order valence-corrected chi connectivity index (χ0v) is 11.4. The maximum Gasteiger partial charge on any atom is 0.323 e. The summed E-state index contributed by atoms with van der Waals surface area (Å²) in [6, 6.07) is 8.45. The third-order valence-electron chi connectivity index (χ3n) is 2.41. The molecule has 0 saturated heterocycles. The number of carbonyl (C=O) groups is 2. The van der Waals surface area contributed by atoms with Gasteiger partial charge >= 0.3 is 5.97 Å². The number of carboxylic acids is 1. The molecule has 106 valence electrons. The molecule has 1 aromatic rings. The van der Waals surface area contributed by atoms with Crippen molar-refractivity contribution in [2.75, 3.05) is 24.5 Å². The molecule has 20 heavy (non-hydrogen) atoms. The van der Waals surface area contributed by atoms with Crippen molar-refractivity contribution in [1.82, 2.24) is 5.32 Å². The molecule has 0 heterocycles. The minimum absolute atomic E-state index is 0.0979. The van der Waals surface area contributed by atoms with Crippen LogP contribution in [0.1, 0.15) is 6.42 Å². The van der Waals surface area contributed by atoms with E-state index in [1.54, 1.807) is 24.3 Å². The lowest BCUT2D eigenvalue weighted by Gasteiger charge is -2.22. The van der Waals surface area contributed by atoms with Crippen molar-refractivity contribution in [3.05, 3.63) is 29.3 Å². The van der Waals surface area contributed by atoms with Crippen molar-refractivity contribution in [3.8, 4) is 6.07 Å². The predicted molar refractivity (Wildman–Crippen MR) is 74.5 cm³/mol. The molecular weight excluding hydrogens is 282 g/mol. The Morgan fingerprint density at radius 2 is 1.95 bits per heavy atom. The van der Waals surface area contributed by atoms with Gasteiger partial charge in [0.2, 0.25) is 5.91 Å². The Labute approximate surface area is 121 Å². The van der Waals surface area contributed by atoms with E-state index in [1.165, 1.54) is 4.90 Å². The summed E-state index contributed by atoms with van der Waals surface area (Å²) in [7, 11) is 0. The lowest BCUT2D eigenvalue weighted by atomic mass is 10.2. The van der Waals surface area contributed by atoms with Gasteiger partial charge in [0.25, 0.3) is 0 Å². The minimum atomic E-state index is -1.04. The summed E-state index contributed by atoms with van der Waals surface area (Å²) in [6.07, 6.45) is 0.214. The van der Waals surface area contributed by atoms with E-state index < -0.39 is 5.97 Å². The van der Waals surface area contributed by atoms with Crippen LogP contribution in [0.15, 0.2) is 24.3 Å². The van der Waals surface area contributed by atoms with E-state index in [0.29, 0.717) is 10.7 Å². The van der Waals surface area contributed by atoms with Crippen LogP contribution in [-0.4, -0.2) is 36.6 Å². The SMILES string of the molecule is N#CCCNC(=O)CN(CC(=O)O)c1ccc(Cl)cc1. The van der Waals surface area contributed by atoms with Crippen LogP contribution in [0.2, 0.25) is 5.02 Å². The van der Waals surface area contributed by atoms with Gasteiger partial charge < -0.3 is 15.3 Å². The normalized spacial score (nSPS) is 9.60. The minimum Gasteiger partial charge on any atom is -0.480 e. The zero-order valence-electron chi connectivity index (χ0n) is 10.7. The maximum atomic E-state index is 11.7. The Hall–Kier alpha value is -2.26. The highest BCUT2D eigenvalue weighted by molar-refractivity contribution is 6.30. The van der Waals surface area contributed by atoms with Crippen LogP contribution >= 0.6 is 11.6 Å². The van der Waals surface area contributed by atoms with Crippen LogP contribution in [0.4, 0.5) is 5.69 Å². The molecule has 2 N–H and O–H groups in total. The fraction of sp³-hybridized carbons (Fsp3) is 0.308. The summed E-state index contributed by atoms with van der Waals surface area (Å²) in [5.74, 6) is -1.37. The van der Waals surface area contributed by atoms with Crippen LogP contribution < -0.4 is 10.2 Å². The Balaban J connectivity index is 2.69. The van der Waals surface area contributed by atoms with E-state index in [-0.39, 0.29) is 32.0 Å². The van der Waals surface area contributed by atoms with E-state index in [2.05, 4.69) is 5.32 Å². The van der Waals surface area contributed by atoms with Crippen LogP contribution in [0, 0.1) is 11.3 Å².